The van der Waals surface area contributed by atoms with Crippen molar-refractivity contribution in [2.45, 2.75) is 12.2 Å². The van der Waals surface area contributed by atoms with Crippen LogP contribution >= 0.6 is 23.4 Å². The summed E-state index contributed by atoms with van der Waals surface area (Å²) in [7, 11) is 0. The van der Waals surface area contributed by atoms with Gasteiger partial charge < -0.3 is 9.73 Å². The van der Waals surface area contributed by atoms with Gasteiger partial charge in [0.2, 0.25) is 0 Å². The summed E-state index contributed by atoms with van der Waals surface area (Å²) in [6.45, 7) is 0.660. The minimum absolute atomic E-state index is 0.155. The zero-order chi connectivity index (χ0) is 14.2. The molecule has 0 aliphatic heterocycles. The van der Waals surface area contributed by atoms with Crippen molar-refractivity contribution in [1.29, 1.82) is 0 Å². The third-order valence-corrected chi connectivity index (χ3v) is 4.04. The summed E-state index contributed by atoms with van der Waals surface area (Å²) in [5.41, 5.74) is 1.26. The Morgan fingerprint density at radius 2 is 2.05 bits per heavy atom. The lowest BCUT2D eigenvalue weighted by molar-refractivity contribution is 0.0926. The monoisotopic (exact) mass is 309 g/mol. The molecule has 1 heterocycles. The third kappa shape index (κ3) is 4.94. The Kier molecular flexibility index (Phi) is 6.02. The molecule has 0 atom stereocenters. The number of nitrogens with one attached hydrogen (secondary N) is 1. The molecule has 1 aromatic heterocycles. The average molecular weight is 310 g/mol. The van der Waals surface area contributed by atoms with Crippen LogP contribution in [0.4, 0.5) is 0 Å². The van der Waals surface area contributed by atoms with Crippen LogP contribution in [0.1, 0.15) is 22.5 Å². The minimum atomic E-state index is -0.155. The molecular weight excluding hydrogens is 294 g/mol. The van der Waals surface area contributed by atoms with Gasteiger partial charge in [-0.05, 0) is 42.0 Å². The maximum Gasteiger partial charge on any atom is 0.286 e. The Morgan fingerprint density at radius 3 is 2.75 bits per heavy atom. The number of furan rings is 1. The topological polar surface area (TPSA) is 42.2 Å². The molecule has 106 valence electrons. The Hall–Kier alpha value is -1.39. The summed E-state index contributed by atoms with van der Waals surface area (Å²) in [6, 6.07) is 11.2. The van der Waals surface area contributed by atoms with Crippen LogP contribution in [0.25, 0.3) is 0 Å². The van der Waals surface area contributed by atoms with Gasteiger partial charge in [-0.25, -0.2) is 0 Å². The van der Waals surface area contributed by atoms with E-state index in [2.05, 4.69) is 5.32 Å². The van der Waals surface area contributed by atoms with Crippen LogP contribution in [-0.2, 0) is 5.75 Å². The summed E-state index contributed by atoms with van der Waals surface area (Å²) < 4.78 is 5.01. The van der Waals surface area contributed by atoms with Gasteiger partial charge >= 0.3 is 0 Å². The van der Waals surface area contributed by atoms with Crippen LogP contribution in [0.15, 0.2) is 47.1 Å². The highest BCUT2D eigenvalue weighted by molar-refractivity contribution is 7.98. The van der Waals surface area contributed by atoms with E-state index >= 15 is 0 Å². The fourth-order valence-corrected chi connectivity index (χ4v) is 2.69. The number of hydrogen-bond acceptors (Lipinski definition) is 3. The van der Waals surface area contributed by atoms with Crippen molar-refractivity contribution in [3.63, 3.8) is 0 Å². The van der Waals surface area contributed by atoms with E-state index in [9.17, 15) is 4.79 Å². The number of benzene rings is 1. The zero-order valence-corrected chi connectivity index (χ0v) is 12.5. The summed E-state index contributed by atoms with van der Waals surface area (Å²) in [5.74, 6) is 2.17. The summed E-state index contributed by atoms with van der Waals surface area (Å²) >= 11 is 7.68. The van der Waals surface area contributed by atoms with Gasteiger partial charge in [-0.3, -0.25) is 4.79 Å². The van der Waals surface area contributed by atoms with E-state index in [-0.39, 0.29) is 5.91 Å². The Morgan fingerprint density at radius 1 is 1.25 bits per heavy atom. The molecule has 5 heteroatoms. The normalized spacial score (nSPS) is 10.4. The third-order valence-electron chi connectivity index (χ3n) is 2.68. The first-order valence-corrected chi connectivity index (χ1v) is 7.93. The van der Waals surface area contributed by atoms with E-state index < -0.39 is 0 Å². The standard InChI is InChI=1S/C15H16ClNO2S/c16-13-6-4-12(5-7-13)11-20-10-2-8-17-15(18)14-3-1-9-19-14/h1,3-7,9H,2,8,10-11H2,(H,17,18). The van der Waals surface area contributed by atoms with Crippen LogP contribution in [0.5, 0.6) is 0 Å². The average Bonchev–Trinajstić information content (AvgIpc) is 2.98. The van der Waals surface area contributed by atoms with Crippen molar-refractivity contribution < 1.29 is 9.21 Å². The second-order valence-electron chi connectivity index (χ2n) is 4.27. The van der Waals surface area contributed by atoms with Crippen LogP contribution in [-0.4, -0.2) is 18.2 Å². The molecule has 1 aromatic carbocycles. The number of carbonyl (C=O) groups excluding carboxylic acids is 1. The molecule has 1 N–H and O–H groups in total. The van der Waals surface area contributed by atoms with Crippen molar-refractivity contribution in [2.75, 3.05) is 12.3 Å². The lowest BCUT2D eigenvalue weighted by atomic mass is 10.2. The molecule has 0 aliphatic carbocycles. The summed E-state index contributed by atoms with van der Waals surface area (Å²) in [4.78, 5) is 11.6. The molecule has 0 saturated carbocycles. The summed E-state index contributed by atoms with van der Waals surface area (Å²) in [5, 5.41) is 3.59. The molecule has 2 rings (SSSR count). The summed E-state index contributed by atoms with van der Waals surface area (Å²) in [6.07, 6.45) is 2.43. The van der Waals surface area contributed by atoms with Crippen molar-refractivity contribution in [3.8, 4) is 0 Å². The first-order valence-electron chi connectivity index (χ1n) is 6.39. The van der Waals surface area contributed by atoms with Crippen molar-refractivity contribution >= 4 is 29.3 Å². The van der Waals surface area contributed by atoms with Gasteiger partial charge in [0.05, 0.1) is 6.26 Å². The van der Waals surface area contributed by atoms with Crippen molar-refractivity contribution in [1.82, 2.24) is 5.32 Å². The zero-order valence-electron chi connectivity index (χ0n) is 11.0. The second kappa shape index (κ2) is 8.02. The number of thioether (sulfide) groups is 1. The van der Waals surface area contributed by atoms with Gasteiger partial charge in [0.1, 0.15) is 0 Å². The quantitative estimate of drug-likeness (QED) is 0.786. The van der Waals surface area contributed by atoms with E-state index in [1.54, 1.807) is 12.1 Å². The maximum atomic E-state index is 11.6. The van der Waals surface area contributed by atoms with E-state index in [4.69, 9.17) is 16.0 Å². The Labute approximate surface area is 127 Å². The molecule has 0 saturated heterocycles. The van der Waals surface area contributed by atoms with Crippen molar-refractivity contribution in [2.24, 2.45) is 0 Å². The molecular formula is C15H16ClNO2S. The molecule has 1 amide bonds. The predicted molar refractivity (Wildman–Crippen MR) is 83.3 cm³/mol. The SMILES string of the molecule is O=C(NCCCSCc1ccc(Cl)cc1)c1ccco1. The molecule has 0 fully saturated rings. The van der Waals surface area contributed by atoms with Crippen LogP contribution < -0.4 is 5.32 Å². The molecule has 0 spiro atoms. The smallest absolute Gasteiger partial charge is 0.286 e. The van der Waals surface area contributed by atoms with E-state index in [1.165, 1.54) is 11.8 Å². The molecule has 0 unspecified atom stereocenters. The van der Waals surface area contributed by atoms with Gasteiger partial charge in [-0.1, -0.05) is 23.7 Å². The first kappa shape index (κ1) is 15.0. The van der Waals surface area contributed by atoms with Gasteiger partial charge in [-0.2, -0.15) is 11.8 Å². The highest BCUT2D eigenvalue weighted by atomic mass is 35.5. The van der Waals surface area contributed by atoms with Gasteiger partial charge in [0, 0.05) is 17.3 Å². The molecule has 3 nitrogen and oxygen atoms in total. The lowest BCUT2D eigenvalue weighted by Crippen LogP contribution is -2.24. The van der Waals surface area contributed by atoms with Gasteiger partial charge in [0.25, 0.3) is 5.91 Å². The molecule has 0 bridgehead atoms. The lowest BCUT2D eigenvalue weighted by Gasteiger charge is -2.04. The van der Waals surface area contributed by atoms with E-state index in [0.29, 0.717) is 12.3 Å². The maximum absolute atomic E-state index is 11.6. The number of rotatable bonds is 7. The Balaban J connectivity index is 1.56. The fraction of sp³-hybridized carbons (Fsp3) is 0.267. The highest BCUT2D eigenvalue weighted by Crippen LogP contribution is 2.15. The number of amides is 1. The second-order valence-corrected chi connectivity index (χ2v) is 5.81. The number of halogens is 1. The van der Waals surface area contributed by atoms with Gasteiger partial charge in [-0.15, -0.1) is 0 Å². The number of carbonyl (C=O) groups is 1. The van der Waals surface area contributed by atoms with E-state index in [1.807, 2.05) is 36.0 Å². The molecule has 0 radical (unpaired) electrons. The Bertz CT molecular complexity index is 525. The van der Waals surface area contributed by atoms with E-state index in [0.717, 1.165) is 22.9 Å². The first-order chi connectivity index (χ1) is 9.75. The van der Waals surface area contributed by atoms with Crippen LogP contribution in [0.3, 0.4) is 0 Å². The van der Waals surface area contributed by atoms with Crippen LogP contribution in [0.2, 0.25) is 5.02 Å². The molecule has 20 heavy (non-hydrogen) atoms. The highest BCUT2D eigenvalue weighted by Gasteiger charge is 2.06. The molecule has 2 aromatic rings. The minimum Gasteiger partial charge on any atom is -0.459 e. The largest absolute Gasteiger partial charge is 0.459 e. The van der Waals surface area contributed by atoms with Crippen molar-refractivity contribution in [3.05, 3.63) is 59.0 Å². The predicted octanol–water partition coefficient (Wildman–Crippen LogP) is 3.99. The van der Waals surface area contributed by atoms with Crippen LogP contribution in [0, 0.1) is 0 Å². The van der Waals surface area contributed by atoms with Gasteiger partial charge in [0.15, 0.2) is 5.76 Å². The fourth-order valence-electron chi connectivity index (χ4n) is 1.64. The molecule has 0 aliphatic rings. The number of hydrogen-bond donors (Lipinski definition) is 1.